The van der Waals surface area contributed by atoms with Crippen molar-refractivity contribution in [2.45, 2.75) is 12.5 Å². The summed E-state index contributed by atoms with van der Waals surface area (Å²) in [5.74, 6) is 0.0817. The summed E-state index contributed by atoms with van der Waals surface area (Å²) < 4.78 is 6.80. The average Bonchev–Trinajstić information content (AvgIpc) is 3.03. The Morgan fingerprint density at radius 2 is 2.00 bits per heavy atom. The Morgan fingerprint density at radius 1 is 1.21 bits per heavy atom. The number of hydrogen-bond donors (Lipinski definition) is 1. The van der Waals surface area contributed by atoms with Crippen LogP contribution < -0.4 is 5.73 Å². The van der Waals surface area contributed by atoms with Gasteiger partial charge in [0.05, 0.1) is 6.61 Å². The summed E-state index contributed by atoms with van der Waals surface area (Å²) in [6, 6.07) is 11.3. The van der Waals surface area contributed by atoms with Crippen molar-refractivity contribution in [2.75, 3.05) is 12.3 Å². The van der Waals surface area contributed by atoms with Crippen LogP contribution in [0.15, 0.2) is 48.8 Å². The van der Waals surface area contributed by atoms with E-state index in [2.05, 4.69) is 15.1 Å². The molecule has 24 heavy (non-hydrogen) atoms. The van der Waals surface area contributed by atoms with Crippen LogP contribution in [0.1, 0.15) is 22.0 Å². The highest BCUT2D eigenvalue weighted by molar-refractivity contribution is 5.86. The molecule has 1 aliphatic heterocycles. The summed E-state index contributed by atoms with van der Waals surface area (Å²) in [7, 11) is 0. The van der Waals surface area contributed by atoms with E-state index in [1.807, 2.05) is 24.3 Å². The van der Waals surface area contributed by atoms with E-state index in [1.54, 1.807) is 24.5 Å². The number of anilines is 1. The molecule has 3 heterocycles. The maximum atomic E-state index is 12.9. The van der Waals surface area contributed by atoms with Crippen molar-refractivity contribution in [3.63, 3.8) is 0 Å². The Hall–Kier alpha value is -3.06. The number of carbonyl (C=O) groups excluding carboxylic acids is 1. The fraction of sp³-hybridized carbons (Fsp3) is 0.176. The molecule has 0 spiro atoms. The third-order valence-corrected chi connectivity index (χ3v) is 4.00. The van der Waals surface area contributed by atoms with Crippen LogP contribution in [0, 0.1) is 0 Å². The van der Waals surface area contributed by atoms with Crippen LogP contribution >= 0.6 is 0 Å². The van der Waals surface area contributed by atoms with Gasteiger partial charge in [-0.2, -0.15) is 9.67 Å². The second-order valence-corrected chi connectivity index (χ2v) is 5.48. The van der Waals surface area contributed by atoms with E-state index >= 15 is 0 Å². The first-order valence-corrected chi connectivity index (χ1v) is 7.60. The molecular formula is C17H15N5O2. The average molecular weight is 321 g/mol. The molecule has 0 saturated carbocycles. The second kappa shape index (κ2) is 5.86. The summed E-state index contributed by atoms with van der Waals surface area (Å²) in [4.78, 5) is 21.0. The summed E-state index contributed by atoms with van der Waals surface area (Å²) >= 11 is 0. The molecule has 1 aliphatic rings. The number of nitrogens with zero attached hydrogens (tertiary/aromatic N) is 4. The quantitative estimate of drug-likeness (QED) is 0.774. The topological polar surface area (TPSA) is 95.9 Å². The fourth-order valence-electron chi connectivity index (χ4n) is 2.82. The zero-order chi connectivity index (χ0) is 16.5. The summed E-state index contributed by atoms with van der Waals surface area (Å²) in [5.41, 5.74) is 8.61. The Balaban J connectivity index is 1.70. The first kappa shape index (κ1) is 14.5. The van der Waals surface area contributed by atoms with E-state index in [9.17, 15) is 4.79 Å². The molecule has 0 fully saturated rings. The molecule has 1 atom stereocenters. The standard InChI is InChI=1S/C17H15N5O2/c18-17-20-15(12-5-8-19-9-6-12)21-22(17)16(23)14-13-4-2-1-3-11(13)7-10-24-14/h1-6,8-9,14H,7,10H2,(H2,18,20,21). The lowest BCUT2D eigenvalue weighted by Gasteiger charge is -2.24. The second-order valence-electron chi connectivity index (χ2n) is 5.48. The van der Waals surface area contributed by atoms with Crippen LogP contribution in [-0.2, 0) is 11.2 Å². The van der Waals surface area contributed by atoms with E-state index in [0.29, 0.717) is 12.4 Å². The van der Waals surface area contributed by atoms with Crippen molar-refractivity contribution in [2.24, 2.45) is 0 Å². The zero-order valence-corrected chi connectivity index (χ0v) is 12.8. The van der Waals surface area contributed by atoms with Crippen molar-refractivity contribution in [3.05, 3.63) is 59.9 Å². The highest BCUT2D eigenvalue weighted by Crippen LogP contribution is 2.29. The van der Waals surface area contributed by atoms with Crippen molar-refractivity contribution < 1.29 is 9.53 Å². The Labute approximate surface area is 138 Å². The Bertz CT molecular complexity index is 891. The fourth-order valence-corrected chi connectivity index (χ4v) is 2.82. The number of aromatic nitrogens is 4. The van der Waals surface area contributed by atoms with E-state index in [1.165, 1.54) is 0 Å². The Morgan fingerprint density at radius 3 is 2.83 bits per heavy atom. The summed E-state index contributed by atoms with van der Waals surface area (Å²) in [6.07, 6.45) is 3.34. The SMILES string of the molecule is Nc1nc(-c2ccncc2)nn1C(=O)C1OCCc2ccccc21. The normalized spacial score (nSPS) is 16.6. The molecule has 4 rings (SSSR count). The molecular weight excluding hydrogens is 306 g/mol. The predicted octanol–water partition coefficient (Wildman–Crippen LogP) is 1.88. The van der Waals surface area contributed by atoms with Crippen molar-refractivity contribution in [3.8, 4) is 11.4 Å². The lowest BCUT2D eigenvalue weighted by Crippen LogP contribution is -2.29. The van der Waals surface area contributed by atoms with Gasteiger partial charge in [-0.3, -0.25) is 9.78 Å². The molecule has 120 valence electrons. The molecule has 7 heteroatoms. The largest absolute Gasteiger partial charge is 0.368 e. The first-order valence-electron chi connectivity index (χ1n) is 7.60. The van der Waals surface area contributed by atoms with E-state index < -0.39 is 6.10 Å². The minimum absolute atomic E-state index is 0.0402. The number of ether oxygens (including phenoxy) is 1. The highest BCUT2D eigenvalue weighted by atomic mass is 16.5. The molecule has 1 unspecified atom stereocenters. The molecule has 0 saturated heterocycles. The smallest absolute Gasteiger partial charge is 0.283 e. The van der Waals surface area contributed by atoms with Crippen molar-refractivity contribution in [1.82, 2.24) is 19.7 Å². The van der Waals surface area contributed by atoms with Crippen LogP contribution in [0.25, 0.3) is 11.4 Å². The van der Waals surface area contributed by atoms with Crippen LogP contribution in [0.5, 0.6) is 0 Å². The summed E-state index contributed by atoms with van der Waals surface area (Å²) in [5, 5.41) is 4.25. The molecule has 0 bridgehead atoms. The van der Waals surface area contributed by atoms with Crippen LogP contribution in [-0.4, -0.2) is 32.3 Å². The number of pyridine rings is 1. The van der Waals surface area contributed by atoms with Gasteiger partial charge in [0.2, 0.25) is 5.95 Å². The number of rotatable bonds is 2. The van der Waals surface area contributed by atoms with Gasteiger partial charge in [-0.1, -0.05) is 24.3 Å². The van der Waals surface area contributed by atoms with Gasteiger partial charge in [-0.15, -0.1) is 5.10 Å². The lowest BCUT2D eigenvalue weighted by atomic mass is 9.97. The van der Waals surface area contributed by atoms with Crippen LogP contribution in [0.2, 0.25) is 0 Å². The van der Waals surface area contributed by atoms with Gasteiger partial charge in [-0.05, 0) is 29.7 Å². The number of carbonyl (C=O) groups is 1. The van der Waals surface area contributed by atoms with Crippen molar-refractivity contribution >= 4 is 11.9 Å². The van der Waals surface area contributed by atoms with E-state index in [-0.39, 0.29) is 11.9 Å². The molecule has 1 aromatic carbocycles. The van der Waals surface area contributed by atoms with Gasteiger partial charge in [-0.25, -0.2) is 0 Å². The van der Waals surface area contributed by atoms with Crippen LogP contribution in [0.3, 0.4) is 0 Å². The van der Waals surface area contributed by atoms with E-state index in [4.69, 9.17) is 10.5 Å². The maximum absolute atomic E-state index is 12.9. The Kier molecular flexibility index (Phi) is 3.55. The van der Waals surface area contributed by atoms with Gasteiger partial charge in [0.15, 0.2) is 11.9 Å². The number of fused-ring (bicyclic) bond motifs is 1. The van der Waals surface area contributed by atoms with E-state index in [0.717, 1.165) is 27.8 Å². The monoisotopic (exact) mass is 321 g/mol. The lowest BCUT2D eigenvalue weighted by molar-refractivity contribution is 0.0262. The van der Waals surface area contributed by atoms with Gasteiger partial charge in [0.1, 0.15) is 0 Å². The number of benzene rings is 1. The van der Waals surface area contributed by atoms with Gasteiger partial charge in [0.25, 0.3) is 5.91 Å². The summed E-state index contributed by atoms with van der Waals surface area (Å²) in [6.45, 7) is 0.485. The van der Waals surface area contributed by atoms with Crippen LogP contribution in [0.4, 0.5) is 5.95 Å². The van der Waals surface area contributed by atoms with Gasteiger partial charge < -0.3 is 10.5 Å². The highest BCUT2D eigenvalue weighted by Gasteiger charge is 2.30. The predicted molar refractivity (Wildman–Crippen MR) is 87.1 cm³/mol. The number of nitrogen functional groups attached to an aromatic ring is 1. The molecule has 0 aliphatic carbocycles. The molecule has 3 aromatic rings. The molecule has 2 aromatic heterocycles. The molecule has 0 amide bonds. The maximum Gasteiger partial charge on any atom is 0.283 e. The van der Waals surface area contributed by atoms with Gasteiger partial charge in [0, 0.05) is 18.0 Å². The van der Waals surface area contributed by atoms with Crippen molar-refractivity contribution in [1.29, 1.82) is 0 Å². The zero-order valence-electron chi connectivity index (χ0n) is 12.8. The number of hydrogen-bond acceptors (Lipinski definition) is 6. The molecule has 2 N–H and O–H groups in total. The number of nitrogens with two attached hydrogens (primary N) is 1. The minimum atomic E-state index is -0.718. The van der Waals surface area contributed by atoms with Gasteiger partial charge >= 0.3 is 0 Å². The first-order chi connectivity index (χ1) is 11.7. The molecule has 0 radical (unpaired) electrons. The third-order valence-electron chi connectivity index (χ3n) is 4.00. The minimum Gasteiger partial charge on any atom is -0.368 e. The third kappa shape index (κ3) is 2.44. The molecule has 7 nitrogen and oxygen atoms in total.